The Balaban J connectivity index is 1.85. The van der Waals surface area contributed by atoms with Crippen LogP contribution in [0.25, 0.3) is 10.8 Å². The van der Waals surface area contributed by atoms with E-state index >= 15 is 0 Å². The molecule has 0 aliphatic carbocycles. The van der Waals surface area contributed by atoms with Gasteiger partial charge in [-0.3, -0.25) is 9.59 Å². The van der Waals surface area contributed by atoms with Gasteiger partial charge in [-0.15, -0.1) is 11.6 Å². The van der Waals surface area contributed by atoms with Crippen LogP contribution in [0.1, 0.15) is 27.0 Å². The number of rotatable bonds is 6. The minimum absolute atomic E-state index is 0.0230. The maximum Gasteiger partial charge on any atom is 0.416 e. The number of nitrogens with zero attached hydrogens (tertiary/aromatic N) is 1. The fourth-order valence-corrected chi connectivity index (χ4v) is 4.09. The van der Waals surface area contributed by atoms with Crippen LogP contribution in [0.3, 0.4) is 0 Å². The number of hydrogen-bond donors (Lipinski definition) is 2. The Morgan fingerprint density at radius 3 is 2.39 bits per heavy atom. The van der Waals surface area contributed by atoms with E-state index in [-0.39, 0.29) is 34.1 Å². The highest BCUT2D eigenvalue weighted by Crippen LogP contribution is 2.38. The van der Waals surface area contributed by atoms with E-state index in [1.807, 2.05) is 24.3 Å². The molecule has 0 saturated carbocycles. The summed E-state index contributed by atoms with van der Waals surface area (Å²) < 4.78 is 42.9. The Bertz CT molecular complexity index is 1450. The van der Waals surface area contributed by atoms with Gasteiger partial charge in [0.2, 0.25) is 5.91 Å². The summed E-state index contributed by atoms with van der Waals surface area (Å²) >= 11 is 11.6. The lowest BCUT2D eigenvalue weighted by Gasteiger charge is -2.20. The van der Waals surface area contributed by atoms with Crippen LogP contribution < -0.4 is 10.6 Å². The third kappa shape index (κ3) is 5.61. The molecule has 0 aliphatic rings. The Morgan fingerprint density at radius 1 is 0.917 bits per heavy atom. The molecule has 2 N–H and O–H groups in total. The van der Waals surface area contributed by atoms with Crippen molar-refractivity contribution in [2.24, 2.45) is 0 Å². The molecule has 4 rings (SSSR count). The number of fused-ring (bicyclic) bond motifs is 1. The molecule has 4 aromatic rings. The molecule has 3 aromatic carbocycles. The second-order valence-electron chi connectivity index (χ2n) is 7.84. The van der Waals surface area contributed by atoms with Crippen molar-refractivity contribution in [3.63, 3.8) is 0 Å². The molecular weight excluding hydrogens is 514 g/mol. The van der Waals surface area contributed by atoms with Crippen LogP contribution >= 0.6 is 23.2 Å². The maximum atomic E-state index is 14.3. The molecule has 0 radical (unpaired) electrons. The number of hydrogen-bond acceptors (Lipinski definition) is 3. The normalized spacial score (nSPS) is 11.4. The molecule has 36 heavy (non-hydrogen) atoms. The minimum atomic E-state index is -4.82. The Hall–Kier alpha value is -3.62. The fourth-order valence-electron chi connectivity index (χ4n) is 3.85. The van der Waals surface area contributed by atoms with E-state index in [1.54, 1.807) is 18.2 Å². The van der Waals surface area contributed by atoms with Crippen molar-refractivity contribution in [3.8, 4) is 0 Å². The molecule has 0 unspecified atom stereocenters. The molecule has 0 spiro atoms. The zero-order valence-corrected chi connectivity index (χ0v) is 20.0. The van der Waals surface area contributed by atoms with Gasteiger partial charge in [0.15, 0.2) is 5.15 Å². The summed E-state index contributed by atoms with van der Waals surface area (Å²) in [5.74, 6) is -2.04. The van der Waals surface area contributed by atoms with Crippen molar-refractivity contribution < 1.29 is 22.8 Å². The number of alkyl halides is 4. The van der Waals surface area contributed by atoms with E-state index in [4.69, 9.17) is 23.2 Å². The molecule has 10 heteroatoms. The first-order valence-electron chi connectivity index (χ1n) is 10.7. The van der Waals surface area contributed by atoms with Crippen LogP contribution in [0.2, 0.25) is 5.15 Å². The Morgan fingerprint density at radius 2 is 1.67 bits per heavy atom. The van der Waals surface area contributed by atoms with Crippen LogP contribution in [0, 0.1) is 0 Å². The smallest absolute Gasteiger partial charge is 0.325 e. The average Bonchev–Trinajstić information content (AvgIpc) is 2.85. The molecule has 0 saturated heterocycles. The summed E-state index contributed by atoms with van der Waals surface area (Å²) in [5.41, 5.74) is -0.971. The maximum absolute atomic E-state index is 14.3. The zero-order chi connectivity index (χ0) is 25.9. The summed E-state index contributed by atoms with van der Waals surface area (Å²) in [6.45, 7) is 0. The van der Waals surface area contributed by atoms with Gasteiger partial charge in [0, 0.05) is 23.9 Å². The van der Waals surface area contributed by atoms with Gasteiger partial charge in [0.25, 0.3) is 5.91 Å². The van der Waals surface area contributed by atoms with E-state index in [9.17, 15) is 22.8 Å². The van der Waals surface area contributed by atoms with E-state index in [2.05, 4.69) is 15.6 Å². The fraction of sp³-hybridized carbons (Fsp3) is 0.115. The predicted molar refractivity (Wildman–Crippen MR) is 135 cm³/mol. The molecule has 0 atom stereocenters. The van der Waals surface area contributed by atoms with Gasteiger partial charge < -0.3 is 10.6 Å². The van der Waals surface area contributed by atoms with Gasteiger partial charge in [-0.2, -0.15) is 13.2 Å². The van der Waals surface area contributed by atoms with Crippen molar-refractivity contribution in [1.29, 1.82) is 0 Å². The predicted octanol–water partition coefficient (Wildman–Crippen LogP) is 6.93. The molecule has 0 fully saturated rings. The molecule has 1 aromatic heterocycles. The highest BCUT2D eigenvalue weighted by Gasteiger charge is 2.36. The van der Waals surface area contributed by atoms with Gasteiger partial charge in [-0.25, -0.2) is 4.98 Å². The van der Waals surface area contributed by atoms with Crippen molar-refractivity contribution in [2.75, 3.05) is 16.5 Å². The number of carbonyl (C=O) groups excluding carboxylic acids is 2. The molecule has 184 valence electrons. The second-order valence-corrected chi connectivity index (χ2v) is 8.47. The van der Waals surface area contributed by atoms with Crippen molar-refractivity contribution in [1.82, 2.24) is 4.98 Å². The number of nitrogens with one attached hydrogen (secondary N) is 2. The van der Waals surface area contributed by atoms with Gasteiger partial charge in [0.1, 0.15) is 5.88 Å². The van der Waals surface area contributed by atoms with Crippen LogP contribution in [0.5, 0.6) is 0 Å². The standard InChI is InChI=1S/C26H18Cl2F3N3O2/c27-14-23(35)33-22-13-17(25(36)34-21-9-4-10-32-24(21)28)12-20(26(29,30)31)19(22)11-16-7-3-6-15-5-1-2-8-18(15)16/h1-10,12-13H,11,14H2,(H,33,35)(H,34,36). The van der Waals surface area contributed by atoms with E-state index in [1.165, 1.54) is 24.4 Å². The highest BCUT2D eigenvalue weighted by atomic mass is 35.5. The first-order chi connectivity index (χ1) is 17.2. The molecular formula is C26H18Cl2F3N3O2. The lowest BCUT2D eigenvalue weighted by atomic mass is 9.92. The average molecular weight is 532 g/mol. The zero-order valence-electron chi connectivity index (χ0n) is 18.5. The first kappa shape index (κ1) is 25.5. The van der Waals surface area contributed by atoms with Crippen LogP contribution in [-0.4, -0.2) is 22.7 Å². The minimum Gasteiger partial charge on any atom is -0.325 e. The highest BCUT2D eigenvalue weighted by molar-refractivity contribution is 6.32. The van der Waals surface area contributed by atoms with Crippen molar-refractivity contribution in [3.05, 3.63) is 100 Å². The SMILES string of the molecule is O=C(CCl)Nc1cc(C(=O)Nc2cccnc2Cl)cc(C(F)(F)F)c1Cc1cccc2ccccc12. The topological polar surface area (TPSA) is 71.1 Å². The lowest BCUT2D eigenvalue weighted by Crippen LogP contribution is -2.20. The summed E-state index contributed by atoms with van der Waals surface area (Å²) in [6, 6.07) is 17.6. The lowest BCUT2D eigenvalue weighted by molar-refractivity contribution is -0.138. The number of carbonyl (C=O) groups is 2. The van der Waals surface area contributed by atoms with Crippen LogP contribution in [0.15, 0.2) is 72.9 Å². The Kier molecular flexibility index (Phi) is 7.47. The monoisotopic (exact) mass is 531 g/mol. The quantitative estimate of drug-likeness (QED) is 0.209. The van der Waals surface area contributed by atoms with Gasteiger partial charge in [0.05, 0.1) is 11.3 Å². The van der Waals surface area contributed by atoms with Gasteiger partial charge in [-0.05, 0) is 46.2 Å². The van der Waals surface area contributed by atoms with E-state index < -0.39 is 29.4 Å². The van der Waals surface area contributed by atoms with E-state index in [0.29, 0.717) is 5.56 Å². The van der Waals surface area contributed by atoms with Gasteiger partial charge in [-0.1, -0.05) is 54.1 Å². The number of anilines is 2. The number of aromatic nitrogens is 1. The molecule has 1 heterocycles. The number of halogens is 5. The number of amides is 2. The Labute approximate surface area is 214 Å². The van der Waals surface area contributed by atoms with Crippen LogP contribution in [-0.2, 0) is 17.4 Å². The molecule has 0 bridgehead atoms. The number of pyridine rings is 1. The first-order valence-corrected chi connectivity index (χ1v) is 11.6. The third-order valence-electron chi connectivity index (χ3n) is 5.47. The second kappa shape index (κ2) is 10.6. The number of benzene rings is 3. The van der Waals surface area contributed by atoms with Crippen molar-refractivity contribution >= 4 is 57.2 Å². The molecule has 5 nitrogen and oxygen atoms in total. The largest absolute Gasteiger partial charge is 0.416 e. The summed E-state index contributed by atoms with van der Waals surface area (Å²) in [7, 11) is 0. The van der Waals surface area contributed by atoms with Gasteiger partial charge >= 0.3 is 6.18 Å². The summed E-state index contributed by atoms with van der Waals surface area (Å²) in [6.07, 6.45) is -3.56. The molecule has 2 amide bonds. The van der Waals surface area contributed by atoms with Crippen LogP contribution in [0.4, 0.5) is 24.5 Å². The van der Waals surface area contributed by atoms with E-state index in [0.717, 1.165) is 16.8 Å². The summed E-state index contributed by atoms with van der Waals surface area (Å²) in [4.78, 5) is 28.9. The molecule has 0 aliphatic heterocycles. The summed E-state index contributed by atoms with van der Waals surface area (Å²) in [5, 5.41) is 6.49. The third-order valence-corrected chi connectivity index (χ3v) is 6.01. The van der Waals surface area contributed by atoms with Crippen molar-refractivity contribution in [2.45, 2.75) is 12.6 Å².